The third-order valence-electron chi connectivity index (χ3n) is 4.37. The second-order valence-corrected chi connectivity index (χ2v) is 6.94. The SMILES string of the molecule is CCNC(=O)Nc1ncnc2c1cnn2CCCCN(C(C)C)C(C)C.Cl. The number of amides is 2. The quantitative estimate of drug-likeness (QED) is 0.634. The minimum absolute atomic E-state index is 0. The molecule has 0 aromatic carbocycles. The summed E-state index contributed by atoms with van der Waals surface area (Å²) < 4.78 is 1.88. The van der Waals surface area contributed by atoms with Gasteiger partial charge in [-0.25, -0.2) is 19.4 Å². The van der Waals surface area contributed by atoms with Crippen molar-refractivity contribution in [3.8, 4) is 0 Å². The van der Waals surface area contributed by atoms with Gasteiger partial charge in [0.15, 0.2) is 5.65 Å². The van der Waals surface area contributed by atoms with Crippen LogP contribution in [-0.2, 0) is 6.54 Å². The molecule has 0 fully saturated rings. The molecule has 0 bridgehead atoms. The van der Waals surface area contributed by atoms with Gasteiger partial charge in [-0.2, -0.15) is 5.10 Å². The summed E-state index contributed by atoms with van der Waals surface area (Å²) in [7, 11) is 0. The van der Waals surface area contributed by atoms with Crippen molar-refractivity contribution >= 4 is 35.3 Å². The number of anilines is 1. The number of carbonyl (C=O) groups is 1. The number of halogens is 1. The van der Waals surface area contributed by atoms with Gasteiger partial charge in [0.25, 0.3) is 0 Å². The first kappa shape index (κ1) is 23.1. The van der Waals surface area contributed by atoms with Gasteiger partial charge >= 0.3 is 6.03 Å². The highest BCUT2D eigenvalue weighted by Gasteiger charge is 2.14. The number of hydrogen-bond acceptors (Lipinski definition) is 5. The third-order valence-corrected chi connectivity index (χ3v) is 4.37. The second-order valence-electron chi connectivity index (χ2n) is 6.94. The van der Waals surface area contributed by atoms with E-state index in [1.807, 2.05) is 11.6 Å². The van der Waals surface area contributed by atoms with Crippen molar-refractivity contribution in [3.05, 3.63) is 12.5 Å². The third kappa shape index (κ3) is 6.32. The molecule has 8 nitrogen and oxygen atoms in total. The highest BCUT2D eigenvalue weighted by molar-refractivity contribution is 5.97. The van der Waals surface area contributed by atoms with E-state index in [2.05, 4.69) is 58.3 Å². The molecule has 0 radical (unpaired) electrons. The van der Waals surface area contributed by atoms with Crippen LogP contribution in [0.15, 0.2) is 12.5 Å². The summed E-state index contributed by atoms with van der Waals surface area (Å²) >= 11 is 0. The molecule has 0 saturated heterocycles. The maximum absolute atomic E-state index is 11.7. The van der Waals surface area contributed by atoms with Crippen molar-refractivity contribution < 1.29 is 4.79 Å². The fraction of sp³-hybridized carbons (Fsp3) is 0.667. The molecule has 2 amide bonds. The maximum Gasteiger partial charge on any atom is 0.320 e. The molecule has 2 aromatic heterocycles. The summed E-state index contributed by atoms with van der Waals surface area (Å²) in [6, 6.07) is 0.829. The first-order valence-corrected chi connectivity index (χ1v) is 9.41. The van der Waals surface area contributed by atoms with Gasteiger partial charge in [-0.3, -0.25) is 10.2 Å². The zero-order valence-corrected chi connectivity index (χ0v) is 17.7. The summed E-state index contributed by atoms with van der Waals surface area (Å²) in [4.78, 5) is 22.7. The Balaban J connectivity index is 0.00000364. The van der Waals surface area contributed by atoms with E-state index < -0.39 is 0 Å². The van der Waals surface area contributed by atoms with Crippen molar-refractivity contribution in [1.29, 1.82) is 0 Å². The Morgan fingerprint density at radius 1 is 1.19 bits per heavy atom. The van der Waals surface area contributed by atoms with Crippen LogP contribution in [0.5, 0.6) is 0 Å². The molecule has 0 atom stereocenters. The van der Waals surface area contributed by atoms with Crippen molar-refractivity contribution in [3.63, 3.8) is 0 Å². The Bertz CT molecular complexity index is 709. The van der Waals surface area contributed by atoms with Gasteiger partial charge in [0.1, 0.15) is 12.1 Å². The van der Waals surface area contributed by atoms with Crippen LogP contribution >= 0.6 is 12.4 Å². The zero-order valence-electron chi connectivity index (χ0n) is 16.9. The number of carbonyl (C=O) groups excluding carboxylic acids is 1. The first-order chi connectivity index (χ1) is 12.4. The van der Waals surface area contributed by atoms with Gasteiger partial charge in [0.2, 0.25) is 0 Å². The molecule has 0 spiro atoms. The number of nitrogens with one attached hydrogen (secondary N) is 2. The van der Waals surface area contributed by atoms with Crippen molar-refractivity contribution in [2.24, 2.45) is 0 Å². The molecule has 152 valence electrons. The lowest BCUT2D eigenvalue weighted by Gasteiger charge is -2.30. The van der Waals surface area contributed by atoms with Gasteiger partial charge in [0.05, 0.1) is 11.6 Å². The van der Waals surface area contributed by atoms with Crippen LogP contribution in [0.1, 0.15) is 47.5 Å². The molecule has 0 unspecified atom stereocenters. The number of urea groups is 1. The predicted molar refractivity (Wildman–Crippen MR) is 111 cm³/mol. The summed E-state index contributed by atoms with van der Waals surface area (Å²) in [5.41, 5.74) is 0.747. The zero-order chi connectivity index (χ0) is 19.1. The number of hydrogen-bond donors (Lipinski definition) is 2. The molecule has 2 heterocycles. The van der Waals surface area contributed by atoms with Crippen LogP contribution in [0.4, 0.5) is 10.6 Å². The number of aromatic nitrogens is 4. The Kier molecular flexibility index (Phi) is 9.45. The van der Waals surface area contributed by atoms with Gasteiger partial charge in [0, 0.05) is 25.2 Å². The van der Waals surface area contributed by atoms with Crippen LogP contribution in [0.3, 0.4) is 0 Å². The summed E-state index contributed by atoms with van der Waals surface area (Å²) in [5.74, 6) is 0.484. The molecule has 0 aliphatic rings. The van der Waals surface area contributed by atoms with Crippen molar-refractivity contribution in [1.82, 2.24) is 30.0 Å². The van der Waals surface area contributed by atoms with Gasteiger partial charge < -0.3 is 5.32 Å². The molecule has 27 heavy (non-hydrogen) atoms. The summed E-state index contributed by atoms with van der Waals surface area (Å²) in [6.45, 7) is 13.2. The first-order valence-electron chi connectivity index (χ1n) is 9.41. The average molecular weight is 398 g/mol. The van der Waals surface area contributed by atoms with Gasteiger partial charge in [-0.15, -0.1) is 12.4 Å². The fourth-order valence-electron chi connectivity index (χ4n) is 3.14. The maximum atomic E-state index is 11.7. The summed E-state index contributed by atoms with van der Waals surface area (Å²) in [5, 5.41) is 10.6. The normalized spacial score (nSPS) is 11.3. The summed E-state index contributed by atoms with van der Waals surface area (Å²) in [6.07, 6.45) is 5.30. The lowest BCUT2D eigenvalue weighted by molar-refractivity contribution is 0.171. The largest absolute Gasteiger partial charge is 0.338 e. The van der Waals surface area contributed by atoms with Gasteiger partial charge in [-0.05, 0) is 54.0 Å². The number of unbranched alkanes of at least 4 members (excludes halogenated alkanes) is 1. The number of fused-ring (bicyclic) bond motifs is 1. The van der Waals surface area contributed by atoms with Crippen molar-refractivity contribution in [2.45, 2.75) is 66.1 Å². The lowest BCUT2D eigenvalue weighted by atomic mass is 10.2. The molecule has 0 aliphatic heterocycles. The molecular formula is C18H32ClN7O. The topological polar surface area (TPSA) is 88.0 Å². The Hall–Kier alpha value is -1.93. The molecule has 0 aliphatic carbocycles. The molecule has 2 aromatic rings. The number of rotatable bonds is 9. The molecule has 9 heteroatoms. The Morgan fingerprint density at radius 3 is 2.52 bits per heavy atom. The van der Waals surface area contributed by atoms with Crippen molar-refractivity contribution in [2.75, 3.05) is 18.4 Å². The van der Waals surface area contributed by atoms with E-state index in [9.17, 15) is 4.79 Å². The second kappa shape index (κ2) is 11.0. The van der Waals surface area contributed by atoms with E-state index in [0.717, 1.165) is 37.0 Å². The van der Waals surface area contributed by atoms with Crippen LogP contribution < -0.4 is 10.6 Å². The number of nitrogens with zero attached hydrogens (tertiary/aromatic N) is 5. The molecular weight excluding hydrogens is 366 g/mol. The molecule has 2 N–H and O–H groups in total. The predicted octanol–water partition coefficient (Wildman–Crippen LogP) is 3.29. The average Bonchev–Trinajstić information content (AvgIpc) is 2.98. The minimum Gasteiger partial charge on any atom is -0.338 e. The number of aryl methyl sites for hydroxylation is 1. The highest BCUT2D eigenvalue weighted by atomic mass is 35.5. The minimum atomic E-state index is -0.275. The molecule has 2 rings (SSSR count). The van der Waals surface area contributed by atoms with E-state index >= 15 is 0 Å². The smallest absolute Gasteiger partial charge is 0.320 e. The monoisotopic (exact) mass is 397 g/mol. The van der Waals surface area contributed by atoms with Crippen LogP contribution in [0.25, 0.3) is 11.0 Å². The standard InChI is InChI=1S/C18H31N7O.ClH/c1-6-19-18(26)23-16-15-11-22-25(17(15)21-12-20-16)10-8-7-9-24(13(2)3)14(4)5;/h11-14H,6-10H2,1-5H3,(H2,19,20,21,23,26);1H. The van der Waals surface area contributed by atoms with Gasteiger partial charge in [-0.1, -0.05) is 0 Å². The van der Waals surface area contributed by atoms with E-state index in [4.69, 9.17) is 0 Å². The van der Waals surface area contributed by atoms with E-state index in [-0.39, 0.29) is 18.4 Å². The van der Waals surface area contributed by atoms with E-state index in [1.54, 1.807) is 6.20 Å². The van der Waals surface area contributed by atoms with E-state index in [0.29, 0.717) is 24.4 Å². The van der Waals surface area contributed by atoms with Crippen LogP contribution in [0, 0.1) is 0 Å². The van der Waals surface area contributed by atoms with Crippen LogP contribution in [-0.4, -0.2) is 55.9 Å². The fourth-order valence-corrected chi connectivity index (χ4v) is 3.14. The Labute approximate surface area is 167 Å². The van der Waals surface area contributed by atoms with Crippen LogP contribution in [0.2, 0.25) is 0 Å². The Morgan fingerprint density at radius 2 is 1.89 bits per heavy atom. The lowest BCUT2D eigenvalue weighted by Crippen LogP contribution is -2.37. The highest BCUT2D eigenvalue weighted by Crippen LogP contribution is 2.19. The van der Waals surface area contributed by atoms with E-state index in [1.165, 1.54) is 6.33 Å². The molecule has 0 saturated carbocycles.